The SMILES string of the molecule is CC(C)COCCOc1c(C(C)C)cccc1C(C)C. The summed E-state index contributed by atoms with van der Waals surface area (Å²) in [4.78, 5) is 0. The van der Waals surface area contributed by atoms with Crippen LogP contribution in [0.15, 0.2) is 18.2 Å². The van der Waals surface area contributed by atoms with Crippen molar-refractivity contribution in [1.29, 1.82) is 0 Å². The number of para-hydroxylation sites is 1. The molecule has 0 aliphatic carbocycles. The van der Waals surface area contributed by atoms with Crippen molar-refractivity contribution in [2.45, 2.75) is 53.4 Å². The number of hydrogen-bond acceptors (Lipinski definition) is 2. The van der Waals surface area contributed by atoms with E-state index in [0.29, 0.717) is 31.0 Å². The predicted octanol–water partition coefficient (Wildman–Crippen LogP) is 4.98. The van der Waals surface area contributed by atoms with E-state index in [1.54, 1.807) is 0 Å². The minimum absolute atomic E-state index is 0.472. The van der Waals surface area contributed by atoms with Gasteiger partial charge in [0.15, 0.2) is 0 Å². The fourth-order valence-corrected chi connectivity index (χ4v) is 2.17. The summed E-state index contributed by atoms with van der Waals surface area (Å²) in [5, 5.41) is 0. The Balaban J connectivity index is 2.71. The average molecular weight is 278 g/mol. The van der Waals surface area contributed by atoms with Crippen LogP contribution in [0, 0.1) is 5.92 Å². The van der Waals surface area contributed by atoms with Crippen molar-refractivity contribution in [3.05, 3.63) is 29.3 Å². The van der Waals surface area contributed by atoms with Crippen molar-refractivity contribution >= 4 is 0 Å². The van der Waals surface area contributed by atoms with Gasteiger partial charge in [0.1, 0.15) is 12.4 Å². The van der Waals surface area contributed by atoms with E-state index in [1.165, 1.54) is 11.1 Å². The molecule has 0 saturated carbocycles. The first-order valence-corrected chi connectivity index (χ1v) is 7.76. The summed E-state index contributed by atoms with van der Waals surface area (Å²) in [7, 11) is 0. The van der Waals surface area contributed by atoms with Gasteiger partial charge in [-0.3, -0.25) is 0 Å². The third-order valence-electron chi connectivity index (χ3n) is 3.25. The lowest BCUT2D eigenvalue weighted by Crippen LogP contribution is -2.12. The van der Waals surface area contributed by atoms with Crippen molar-refractivity contribution in [3.8, 4) is 5.75 Å². The topological polar surface area (TPSA) is 18.5 Å². The van der Waals surface area contributed by atoms with Gasteiger partial charge in [0.2, 0.25) is 0 Å². The van der Waals surface area contributed by atoms with Crippen LogP contribution in [0.25, 0.3) is 0 Å². The first-order chi connectivity index (χ1) is 9.43. The van der Waals surface area contributed by atoms with E-state index >= 15 is 0 Å². The molecule has 0 heterocycles. The van der Waals surface area contributed by atoms with Gasteiger partial charge >= 0.3 is 0 Å². The summed E-state index contributed by atoms with van der Waals surface area (Å²) in [6.07, 6.45) is 0. The van der Waals surface area contributed by atoms with E-state index < -0.39 is 0 Å². The highest BCUT2D eigenvalue weighted by molar-refractivity contribution is 5.44. The summed E-state index contributed by atoms with van der Waals surface area (Å²) < 4.78 is 11.6. The first kappa shape index (κ1) is 17.0. The van der Waals surface area contributed by atoms with Gasteiger partial charge in [0.25, 0.3) is 0 Å². The Bertz CT molecular complexity index is 368. The van der Waals surface area contributed by atoms with Crippen LogP contribution >= 0.6 is 0 Å². The molecule has 0 aliphatic heterocycles. The van der Waals surface area contributed by atoms with Crippen LogP contribution in [-0.4, -0.2) is 19.8 Å². The van der Waals surface area contributed by atoms with E-state index in [9.17, 15) is 0 Å². The van der Waals surface area contributed by atoms with Crippen LogP contribution in [0.2, 0.25) is 0 Å². The van der Waals surface area contributed by atoms with Crippen molar-refractivity contribution in [2.75, 3.05) is 19.8 Å². The highest BCUT2D eigenvalue weighted by Gasteiger charge is 2.14. The zero-order valence-electron chi connectivity index (χ0n) is 13.9. The molecule has 114 valence electrons. The second-order valence-electron chi connectivity index (χ2n) is 6.39. The van der Waals surface area contributed by atoms with Gasteiger partial charge in [-0.2, -0.15) is 0 Å². The summed E-state index contributed by atoms with van der Waals surface area (Å²) in [5.74, 6) is 2.58. The predicted molar refractivity (Wildman–Crippen MR) is 85.8 cm³/mol. The smallest absolute Gasteiger partial charge is 0.126 e. The molecular weight excluding hydrogens is 248 g/mol. The Morgan fingerprint density at radius 3 is 1.85 bits per heavy atom. The number of ether oxygens (including phenoxy) is 2. The van der Waals surface area contributed by atoms with Gasteiger partial charge in [-0.05, 0) is 28.9 Å². The Morgan fingerprint density at radius 2 is 1.40 bits per heavy atom. The summed E-state index contributed by atoms with van der Waals surface area (Å²) in [5.41, 5.74) is 2.58. The molecule has 2 nitrogen and oxygen atoms in total. The standard InChI is InChI=1S/C18H30O2/c1-13(2)12-19-10-11-20-18-16(14(3)4)8-7-9-17(18)15(5)6/h7-9,13-15H,10-12H2,1-6H3. The molecule has 0 aromatic heterocycles. The number of hydrogen-bond donors (Lipinski definition) is 0. The fourth-order valence-electron chi connectivity index (χ4n) is 2.17. The second kappa shape index (κ2) is 8.31. The third-order valence-corrected chi connectivity index (χ3v) is 3.25. The van der Waals surface area contributed by atoms with Crippen LogP contribution in [0.4, 0.5) is 0 Å². The maximum absolute atomic E-state index is 6.05. The van der Waals surface area contributed by atoms with Gasteiger partial charge in [-0.1, -0.05) is 59.7 Å². The van der Waals surface area contributed by atoms with Crippen molar-refractivity contribution in [2.24, 2.45) is 5.92 Å². The van der Waals surface area contributed by atoms with Crippen LogP contribution in [-0.2, 0) is 4.74 Å². The summed E-state index contributed by atoms with van der Waals surface area (Å²) >= 11 is 0. The molecule has 0 atom stereocenters. The fraction of sp³-hybridized carbons (Fsp3) is 0.667. The van der Waals surface area contributed by atoms with Gasteiger partial charge in [0, 0.05) is 6.61 Å². The molecule has 0 aliphatic rings. The van der Waals surface area contributed by atoms with Crippen LogP contribution < -0.4 is 4.74 Å². The molecule has 2 heteroatoms. The summed E-state index contributed by atoms with van der Waals surface area (Å²) in [6, 6.07) is 6.47. The van der Waals surface area contributed by atoms with Gasteiger partial charge in [0.05, 0.1) is 6.61 Å². The van der Waals surface area contributed by atoms with Gasteiger partial charge in [-0.25, -0.2) is 0 Å². The highest BCUT2D eigenvalue weighted by Crippen LogP contribution is 2.34. The lowest BCUT2D eigenvalue weighted by molar-refractivity contribution is 0.0812. The molecule has 0 fully saturated rings. The quantitative estimate of drug-likeness (QED) is 0.624. The number of benzene rings is 1. The van der Waals surface area contributed by atoms with Crippen LogP contribution in [0.5, 0.6) is 5.75 Å². The van der Waals surface area contributed by atoms with E-state index in [0.717, 1.165) is 12.4 Å². The van der Waals surface area contributed by atoms with E-state index in [-0.39, 0.29) is 0 Å². The average Bonchev–Trinajstić information content (AvgIpc) is 2.37. The molecule has 0 unspecified atom stereocenters. The summed E-state index contributed by atoms with van der Waals surface area (Å²) in [6.45, 7) is 15.2. The maximum Gasteiger partial charge on any atom is 0.126 e. The molecule has 20 heavy (non-hydrogen) atoms. The first-order valence-electron chi connectivity index (χ1n) is 7.76. The van der Waals surface area contributed by atoms with Crippen molar-refractivity contribution in [3.63, 3.8) is 0 Å². The minimum atomic E-state index is 0.472. The van der Waals surface area contributed by atoms with Crippen LogP contribution in [0.1, 0.15) is 64.5 Å². The molecule has 0 N–H and O–H groups in total. The Morgan fingerprint density at radius 1 is 0.850 bits per heavy atom. The van der Waals surface area contributed by atoms with Crippen molar-refractivity contribution in [1.82, 2.24) is 0 Å². The Hall–Kier alpha value is -1.02. The Kier molecular flexibility index (Phi) is 7.08. The largest absolute Gasteiger partial charge is 0.491 e. The normalized spacial score (nSPS) is 11.7. The van der Waals surface area contributed by atoms with E-state index in [4.69, 9.17) is 9.47 Å². The minimum Gasteiger partial charge on any atom is -0.491 e. The zero-order chi connectivity index (χ0) is 15.1. The molecule has 0 radical (unpaired) electrons. The third kappa shape index (κ3) is 5.16. The van der Waals surface area contributed by atoms with E-state index in [2.05, 4.69) is 59.7 Å². The molecule has 0 bridgehead atoms. The van der Waals surface area contributed by atoms with E-state index in [1.807, 2.05) is 0 Å². The molecule has 0 saturated heterocycles. The zero-order valence-corrected chi connectivity index (χ0v) is 13.9. The molecule has 1 rings (SSSR count). The highest BCUT2D eigenvalue weighted by atomic mass is 16.5. The number of rotatable bonds is 8. The molecule has 0 spiro atoms. The second-order valence-corrected chi connectivity index (χ2v) is 6.39. The lowest BCUT2D eigenvalue weighted by atomic mass is 9.94. The van der Waals surface area contributed by atoms with Crippen molar-refractivity contribution < 1.29 is 9.47 Å². The van der Waals surface area contributed by atoms with Gasteiger partial charge < -0.3 is 9.47 Å². The monoisotopic (exact) mass is 278 g/mol. The maximum atomic E-state index is 6.05. The van der Waals surface area contributed by atoms with Gasteiger partial charge in [-0.15, -0.1) is 0 Å². The van der Waals surface area contributed by atoms with Crippen LogP contribution in [0.3, 0.4) is 0 Å². The molecular formula is C18H30O2. The molecule has 1 aromatic carbocycles. The molecule has 0 amide bonds. The Labute approximate surface area is 124 Å². The molecule has 1 aromatic rings. The lowest BCUT2D eigenvalue weighted by Gasteiger charge is -2.20.